The number of rotatable bonds is 3. The van der Waals surface area contributed by atoms with E-state index < -0.39 is 12.1 Å². The molecule has 0 bridgehead atoms. The molecule has 0 N–H and O–H groups in total. The SMILES string of the molecule is O=C(C[C@H]1OC(=O)c2ccccc21)c1ccc(Cl)c(Cl)c1. The van der Waals surface area contributed by atoms with Crippen LogP contribution >= 0.6 is 23.2 Å². The van der Waals surface area contributed by atoms with Gasteiger partial charge in [0.2, 0.25) is 0 Å². The van der Waals surface area contributed by atoms with Crippen LogP contribution in [0.1, 0.15) is 38.8 Å². The molecule has 21 heavy (non-hydrogen) atoms. The van der Waals surface area contributed by atoms with Gasteiger partial charge in [0.1, 0.15) is 6.10 Å². The van der Waals surface area contributed by atoms with Gasteiger partial charge in [-0.2, -0.15) is 0 Å². The number of esters is 1. The lowest BCUT2D eigenvalue weighted by molar-refractivity contribution is 0.0367. The van der Waals surface area contributed by atoms with Gasteiger partial charge in [0, 0.05) is 11.1 Å². The summed E-state index contributed by atoms with van der Waals surface area (Å²) in [6.07, 6.45) is -0.462. The molecule has 1 atom stereocenters. The first-order valence-electron chi connectivity index (χ1n) is 6.34. The summed E-state index contributed by atoms with van der Waals surface area (Å²) in [5.41, 5.74) is 1.71. The number of fused-ring (bicyclic) bond motifs is 1. The zero-order chi connectivity index (χ0) is 15.0. The third kappa shape index (κ3) is 2.67. The smallest absolute Gasteiger partial charge is 0.339 e. The number of benzene rings is 2. The number of halogens is 2. The predicted molar refractivity (Wildman–Crippen MR) is 80.0 cm³/mol. The molecule has 3 nitrogen and oxygen atoms in total. The van der Waals surface area contributed by atoms with E-state index in [9.17, 15) is 9.59 Å². The molecule has 2 aromatic carbocycles. The van der Waals surface area contributed by atoms with Gasteiger partial charge >= 0.3 is 5.97 Å². The van der Waals surface area contributed by atoms with Crippen LogP contribution in [0.25, 0.3) is 0 Å². The van der Waals surface area contributed by atoms with Crippen LogP contribution in [0.2, 0.25) is 10.0 Å². The summed E-state index contributed by atoms with van der Waals surface area (Å²) in [5.74, 6) is -0.541. The minimum Gasteiger partial charge on any atom is -0.453 e. The fourth-order valence-corrected chi connectivity index (χ4v) is 2.63. The molecule has 0 saturated carbocycles. The highest BCUT2D eigenvalue weighted by Crippen LogP contribution is 2.34. The number of carbonyl (C=O) groups is 2. The van der Waals surface area contributed by atoms with E-state index in [-0.39, 0.29) is 12.2 Å². The lowest BCUT2D eigenvalue weighted by Crippen LogP contribution is -2.07. The van der Waals surface area contributed by atoms with Gasteiger partial charge in [0.05, 0.1) is 22.0 Å². The second-order valence-corrected chi connectivity index (χ2v) is 5.55. The van der Waals surface area contributed by atoms with Crippen molar-refractivity contribution in [1.82, 2.24) is 0 Å². The van der Waals surface area contributed by atoms with Crippen LogP contribution in [0.4, 0.5) is 0 Å². The number of cyclic esters (lactones) is 1. The lowest BCUT2D eigenvalue weighted by atomic mass is 9.98. The largest absolute Gasteiger partial charge is 0.453 e. The minimum atomic E-state index is -0.546. The van der Waals surface area contributed by atoms with Crippen molar-refractivity contribution in [2.45, 2.75) is 12.5 Å². The van der Waals surface area contributed by atoms with Crippen molar-refractivity contribution < 1.29 is 14.3 Å². The van der Waals surface area contributed by atoms with E-state index in [0.717, 1.165) is 5.56 Å². The first kappa shape index (κ1) is 14.1. The average Bonchev–Trinajstić information content (AvgIpc) is 2.79. The molecule has 1 aliphatic rings. The number of ketones is 1. The van der Waals surface area contributed by atoms with Gasteiger partial charge in [-0.15, -0.1) is 0 Å². The molecule has 3 rings (SSSR count). The highest BCUT2D eigenvalue weighted by Gasteiger charge is 2.32. The van der Waals surface area contributed by atoms with Crippen molar-refractivity contribution in [2.24, 2.45) is 0 Å². The van der Waals surface area contributed by atoms with Crippen molar-refractivity contribution >= 4 is 35.0 Å². The molecule has 0 fully saturated rings. The monoisotopic (exact) mass is 320 g/mol. The maximum atomic E-state index is 12.3. The Bertz CT molecular complexity index is 740. The van der Waals surface area contributed by atoms with Crippen molar-refractivity contribution in [3.8, 4) is 0 Å². The summed E-state index contributed by atoms with van der Waals surface area (Å²) in [5, 5.41) is 0.720. The van der Waals surface area contributed by atoms with Crippen LogP contribution in [0.15, 0.2) is 42.5 Å². The number of carbonyl (C=O) groups excluding carboxylic acids is 2. The molecule has 0 spiro atoms. The molecule has 1 heterocycles. The predicted octanol–water partition coefficient (Wildman–Crippen LogP) is 4.48. The van der Waals surface area contributed by atoms with Crippen LogP contribution in [0, 0.1) is 0 Å². The van der Waals surface area contributed by atoms with E-state index in [1.165, 1.54) is 6.07 Å². The maximum absolute atomic E-state index is 12.3. The van der Waals surface area contributed by atoms with Gasteiger partial charge in [-0.1, -0.05) is 41.4 Å². The second kappa shape index (κ2) is 5.51. The topological polar surface area (TPSA) is 43.4 Å². The number of hydrogen-bond acceptors (Lipinski definition) is 3. The molecule has 1 aliphatic heterocycles. The highest BCUT2D eigenvalue weighted by molar-refractivity contribution is 6.42. The lowest BCUT2D eigenvalue weighted by Gasteiger charge is -2.10. The molecule has 106 valence electrons. The summed E-state index contributed by atoms with van der Waals surface area (Å²) >= 11 is 11.7. The van der Waals surface area contributed by atoms with E-state index in [4.69, 9.17) is 27.9 Å². The van der Waals surface area contributed by atoms with Gasteiger partial charge < -0.3 is 4.74 Å². The Morgan fingerprint density at radius 1 is 1.10 bits per heavy atom. The molecule has 0 amide bonds. The van der Waals surface area contributed by atoms with E-state index >= 15 is 0 Å². The fourth-order valence-electron chi connectivity index (χ4n) is 2.33. The Hall–Kier alpha value is -1.84. The Labute approximate surface area is 131 Å². The molecule has 0 unspecified atom stereocenters. The molecule has 5 heteroatoms. The Morgan fingerprint density at radius 3 is 2.62 bits per heavy atom. The van der Waals surface area contributed by atoms with Crippen LogP contribution in [0.3, 0.4) is 0 Å². The fraction of sp³-hybridized carbons (Fsp3) is 0.125. The Morgan fingerprint density at radius 2 is 1.86 bits per heavy atom. The quantitative estimate of drug-likeness (QED) is 0.618. The van der Waals surface area contributed by atoms with E-state index in [2.05, 4.69) is 0 Å². The van der Waals surface area contributed by atoms with Gasteiger partial charge in [-0.05, 0) is 24.3 Å². The highest BCUT2D eigenvalue weighted by atomic mass is 35.5. The summed E-state index contributed by atoms with van der Waals surface area (Å²) in [4.78, 5) is 24.0. The van der Waals surface area contributed by atoms with Crippen LogP contribution in [0.5, 0.6) is 0 Å². The number of ether oxygens (including phenoxy) is 1. The molecule has 0 saturated heterocycles. The average molecular weight is 321 g/mol. The van der Waals surface area contributed by atoms with Gasteiger partial charge in [0.15, 0.2) is 5.78 Å². The summed E-state index contributed by atoms with van der Waals surface area (Å²) in [7, 11) is 0. The van der Waals surface area contributed by atoms with Gasteiger partial charge in [-0.25, -0.2) is 4.79 Å². The van der Waals surface area contributed by atoms with Gasteiger partial charge in [-0.3, -0.25) is 4.79 Å². The van der Waals surface area contributed by atoms with Crippen molar-refractivity contribution in [3.05, 3.63) is 69.2 Å². The summed E-state index contributed by atoms with van der Waals surface area (Å²) in [6, 6.07) is 11.8. The number of hydrogen-bond donors (Lipinski definition) is 0. The standard InChI is InChI=1S/C16H10Cl2O3/c17-12-6-5-9(7-13(12)18)14(19)8-15-10-3-1-2-4-11(10)16(20)21-15/h1-7,15H,8H2/t15-/m1/s1. The molecule has 2 aromatic rings. The minimum absolute atomic E-state index is 0.0840. The van der Waals surface area contributed by atoms with Crippen molar-refractivity contribution in [1.29, 1.82) is 0 Å². The third-order valence-corrected chi connectivity index (χ3v) is 4.13. The zero-order valence-electron chi connectivity index (χ0n) is 10.8. The second-order valence-electron chi connectivity index (χ2n) is 4.74. The molecule has 0 radical (unpaired) electrons. The van der Waals surface area contributed by atoms with Gasteiger partial charge in [0.25, 0.3) is 0 Å². The molecular formula is C16H10Cl2O3. The zero-order valence-corrected chi connectivity index (χ0v) is 12.3. The normalized spacial score (nSPS) is 16.5. The van der Waals surface area contributed by atoms with Crippen LogP contribution in [-0.4, -0.2) is 11.8 Å². The van der Waals surface area contributed by atoms with Crippen LogP contribution < -0.4 is 0 Å². The van der Waals surface area contributed by atoms with Crippen LogP contribution in [-0.2, 0) is 4.74 Å². The summed E-state index contributed by atoms with van der Waals surface area (Å²) < 4.78 is 5.26. The Kier molecular flexibility index (Phi) is 3.70. The summed E-state index contributed by atoms with van der Waals surface area (Å²) in [6.45, 7) is 0. The van der Waals surface area contributed by atoms with E-state index in [1.54, 1.807) is 30.3 Å². The maximum Gasteiger partial charge on any atom is 0.339 e. The molecule has 0 aliphatic carbocycles. The Balaban J connectivity index is 1.83. The molecule has 0 aromatic heterocycles. The van der Waals surface area contributed by atoms with E-state index in [0.29, 0.717) is 21.2 Å². The first-order valence-corrected chi connectivity index (χ1v) is 7.10. The van der Waals surface area contributed by atoms with Crippen molar-refractivity contribution in [2.75, 3.05) is 0 Å². The van der Waals surface area contributed by atoms with E-state index in [1.807, 2.05) is 6.07 Å². The third-order valence-electron chi connectivity index (χ3n) is 3.39. The number of Topliss-reactive ketones (excluding diaryl/α,β-unsaturated/α-hetero) is 1. The first-order chi connectivity index (χ1) is 10.1. The molecular weight excluding hydrogens is 311 g/mol. The van der Waals surface area contributed by atoms with Crippen molar-refractivity contribution in [3.63, 3.8) is 0 Å².